The van der Waals surface area contributed by atoms with Crippen molar-refractivity contribution in [1.82, 2.24) is 0 Å². The molecule has 0 saturated heterocycles. The van der Waals surface area contributed by atoms with Gasteiger partial charge >= 0.3 is 0 Å². The van der Waals surface area contributed by atoms with Gasteiger partial charge in [-0.05, 0) is 74.6 Å². The van der Waals surface area contributed by atoms with Gasteiger partial charge < -0.3 is 0 Å². The molecular weight excluding hydrogens is 372 g/mol. The zero-order chi connectivity index (χ0) is 20.4. The van der Waals surface area contributed by atoms with Gasteiger partial charge in [0.05, 0.1) is 5.41 Å². The van der Waals surface area contributed by atoms with Crippen molar-refractivity contribution in [2.24, 2.45) is 0 Å². The molecule has 0 aliphatic heterocycles. The first-order chi connectivity index (χ1) is 15.4. The van der Waals surface area contributed by atoms with Crippen molar-refractivity contribution in [3.63, 3.8) is 0 Å². The Morgan fingerprint density at radius 1 is 0.548 bits per heavy atom. The van der Waals surface area contributed by atoms with Crippen LogP contribution < -0.4 is 0 Å². The molecule has 3 aliphatic rings. The first-order valence-corrected chi connectivity index (χ1v) is 11.2. The van der Waals surface area contributed by atoms with Crippen LogP contribution in [0.2, 0.25) is 0 Å². The summed E-state index contributed by atoms with van der Waals surface area (Å²) in [6.07, 6.45) is 8.99. The number of allylic oxidation sites excluding steroid dienone is 4. The molecule has 4 aromatic rings. The molecule has 7 rings (SSSR count). The maximum Gasteiger partial charge on any atom is 0.0725 e. The molecule has 1 spiro atoms. The fraction of sp³-hybridized carbons (Fsp3) is 0.0968. The highest BCUT2D eigenvalue weighted by Gasteiger charge is 2.51. The lowest BCUT2D eigenvalue weighted by molar-refractivity contribution is 0.793. The molecule has 3 aliphatic carbocycles. The highest BCUT2D eigenvalue weighted by atomic mass is 14.5. The van der Waals surface area contributed by atoms with E-state index in [1.807, 2.05) is 0 Å². The second-order valence-corrected chi connectivity index (χ2v) is 8.81. The minimum atomic E-state index is -0.236. The van der Waals surface area contributed by atoms with Crippen LogP contribution in [0.1, 0.15) is 40.7 Å². The molecule has 4 aromatic carbocycles. The number of benzene rings is 4. The van der Waals surface area contributed by atoms with Gasteiger partial charge in [-0.2, -0.15) is 0 Å². The van der Waals surface area contributed by atoms with Crippen molar-refractivity contribution >= 4 is 5.57 Å². The lowest BCUT2D eigenvalue weighted by Crippen LogP contribution is -2.25. The lowest BCUT2D eigenvalue weighted by Gasteiger charge is -2.30. The molecule has 0 heteroatoms. The van der Waals surface area contributed by atoms with Crippen LogP contribution in [-0.4, -0.2) is 0 Å². The fourth-order valence-electron chi connectivity index (χ4n) is 6.14. The first kappa shape index (κ1) is 17.1. The average molecular weight is 395 g/mol. The molecule has 0 unspecified atom stereocenters. The minimum absolute atomic E-state index is 0.236. The van der Waals surface area contributed by atoms with E-state index in [4.69, 9.17) is 0 Å². The van der Waals surface area contributed by atoms with E-state index < -0.39 is 0 Å². The molecule has 0 bridgehead atoms. The molecule has 31 heavy (non-hydrogen) atoms. The van der Waals surface area contributed by atoms with E-state index in [0.29, 0.717) is 0 Å². The van der Waals surface area contributed by atoms with Gasteiger partial charge in [0.1, 0.15) is 0 Å². The van der Waals surface area contributed by atoms with Gasteiger partial charge in [-0.25, -0.2) is 0 Å². The van der Waals surface area contributed by atoms with Crippen LogP contribution in [0.3, 0.4) is 0 Å². The third kappa shape index (κ3) is 2.10. The van der Waals surface area contributed by atoms with Crippen LogP contribution in [0.5, 0.6) is 0 Å². The molecule has 0 N–H and O–H groups in total. The molecule has 0 nitrogen and oxygen atoms in total. The van der Waals surface area contributed by atoms with Gasteiger partial charge in [0.25, 0.3) is 0 Å². The van der Waals surface area contributed by atoms with Gasteiger partial charge in [0.15, 0.2) is 0 Å². The van der Waals surface area contributed by atoms with Crippen molar-refractivity contribution in [2.75, 3.05) is 0 Å². The Labute approximate surface area is 183 Å². The summed E-state index contributed by atoms with van der Waals surface area (Å²) in [5.41, 5.74) is 13.7. The van der Waals surface area contributed by atoms with Gasteiger partial charge in [-0.1, -0.05) is 103 Å². The normalized spacial score (nSPS) is 16.5. The molecule has 0 aromatic heterocycles. The third-order valence-electron chi connectivity index (χ3n) is 7.38. The average Bonchev–Trinajstić information content (AvgIpc) is 3.32. The first-order valence-electron chi connectivity index (χ1n) is 11.2. The van der Waals surface area contributed by atoms with Crippen LogP contribution in [0.25, 0.3) is 27.8 Å². The third-order valence-corrected chi connectivity index (χ3v) is 7.38. The van der Waals surface area contributed by atoms with Crippen molar-refractivity contribution in [3.05, 3.63) is 137 Å². The van der Waals surface area contributed by atoms with E-state index in [1.54, 1.807) is 0 Å². The van der Waals surface area contributed by atoms with E-state index in [0.717, 1.165) is 12.8 Å². The van der Waals surface area contributed by atoms with Gasteiger partial charge in [0, 0.05) is 0 Å². The molecule has 146 valence electrons. The predicted octanol–water partition coefficient (Wildman–Crippen LogP) is 7.76. The monoisotopic (exact) mass is 394 g/mol. The van der Waals surface area contributed by atoms with Gasteiger partial charge in [0.2, 0.25) is 0 Å². The topological polar surface area (TPSA) is 0 Å². The SMILES string of the molecule is C1=CCCC(c2ccc3c(c2)C2(c4ccccc4-c4ccccc42)c2ccccc2-3)=C1. The largest absolute Gasteiger partial charge is 0.0842 e. The minimum Gasteiger partial charge on any atom is -0.0842 e. The Hall–Kier alpha value is -3.64. The van der Waals surface area contributed by atoms with Crippen LogP contribution in [0.15, 0.2) is 109 Å². The number of rotatable bonds is 1. The zero-order valence-corrected chi connectivity index (χ0v) is 17.3. The second kappa shape index (κ2) is 6.18. The summed E-state index contributed by atoms with van der Waals surface area (Å²) in [4.78, 5) is 0. The summed E-state index contributed by atoms with van der Waals surface area (Å²) in [7, 11) is 0. The molecule has 0 atom stereocenters. The Morgan fingerprint density at radius 3 is 1.65 bits per heavy atom. The number of hydrogen-bond acceptors (Lipinski definition) is 0. The summed E-state index contributed by atoms with van der Waals surface area (Å²) in [5, 5.41) is 0. The van der Waals surface area contributed by atoms with Crippen LogP contribution in [-0.2, 0) is 5.41 Å². The van der Waals surface area contributed by atoms with E-state index in [2.05, 4.69) is 109 Å². The highest BCUT2D eigenvalue weighted by molar-refractivity contribution is 5.95. The Balaban J connectivity index is 1.62. The number of fused-ring (bicyclic) bond motifs is 10. The van der Waals surface area contributed by atoms with E-state index >= 15 is 0 Å². The van der Waals surface area contributed by atoms with Gasteiger partial charge in [-0.3, -0.25) is 0 Å². The smallest absolute Gasteiger partial charge is 0.0725 e. The standard InChI is InChI=1S/C31H22/c1-2-10-21(11-3-1)22-18-19-26-25-14-6-9-17-29(25)31(30(26)20-22)27-15-7-4-12-23(27)24-13-5-8-16-28(24)31/h1-2,4-10,12-20H,3,11H2. The van der Waals surface area contributed by atoms with Crippen LogP contribution in [0, 0.1) is 0 Å². The molecule has 0 amide bonds. The predicted molar refractivity (Wildman–Crippen MR) is 129 cm³/mol. The quantitative estimate of drug-likeness (QED) is 0.267. The Morgan fingerprint density at radius 2 is 1.10 bits per heavy atom. The highest BCUT2D eigenvalue weighted by Crippen LogP contribution is 2.62. The van der Waals surface area contributed by atoms with E-state index in [9.17, 15) is 0 Å². The van der Waals surface area contributed by atoms with Crippen molar-refractivity contribution in [1.29, 1.82) is 0 Å². The van der Waals surface area contributed by atoms with Crippen molar-refractivity contribution < 1.29 is 0 Å². The van der Waals surface area contributed by atoms with Gasteiger partial charge in [-0.15, -0.1) is 0 Å². The Kier molecular flexibility index (Phi) is 3.41. The summed E-state index contributed by atoms with van der Waals surface area (Å²) in [6, 6.07) is 34.2. The second-order valence-electron chi connectivity index (χ2n) is 8.81. The molecule has 0 fully saturated rings. The van der Waals surface area contributed by atoms with Crippen molar-refractivity contribution in [3.8, 4) is 22.3 Å². The molecule has 0 radical (unpaired) electrons. The summed E-state index contributed by atoms with van der Waals surface area (Å²) in [5.74, 6) is 0. The maximum absolute atomic E-state index is 2.49. The lowest BCUT2D eigenvalue weighted by atomic mass is 9.70. The summed E-state index contributed by atoms with van der Waals surface area (Å²) < 4.78 is 0. The zero-order valence-electron chi connectivity index (χ0n) is 17.3. The fourth-order valence-corrected chi connectivity index (χ4v) is 6.14. The maximum atomic E-state index is 2.49. The van der Waals surface area contributed by atoms with Crippen LogP contribution >= 0.6 is 0 Å². The Bertz CT molecular complexity index is 1370. The number of hydrogen-bond donors (Lipinski definition) is 0. The van der Waals surface area contributed by atoms with Crippen LogP contribution in [0.4, 0.5) is 0 Å². The molecule has 0 heterocycles. The van der Waals surface area contributed by atoms with E-state index in [1.165, 1.54) is 55.6 Å². The van der Waals surface area contributed by atoms with Crippen molar-refractivity contribution in [2.45, 2.75) is 18.3 Å². The van der Waals surface area contributed by atoms with E-state index in [-0.39, 0.29) is 5.41 Å². The molecule has 0 saturated carbocycles. The molecular formula is C31H22. The summed E-state index contributed by atoms with van der Waals surface area (Å²) >= 11 is 0. The summed E-state index contributed by atoms with van der Waals surface area (Å²) in [6.45, 7) is 0.